The van der Waals surface area contributed by atoms with Crippen LogP contribution in [0.1, 0.15) is 12.5 Å². The molecular formula is C19H20N4O3. The SMILES string of the molecule is Cn1c(=O)n([C@H]2CCN(C(=O)COc3ccccc3)C2)c2ncccc21. The van der Waals surface area contributed by atoms with Crippen molar-refractivity contribution >= 4 is 17.1 Å². The highest BCUT2D eigenvalue weighted by atomic mass is 16.5. The summed E-state index contributed by atoms with van der Waals surface area (Å²) in [5.41, 5.74) is 1.37. The average Bonchev–Trinajstić information content (AvgIpc) is 3.25. The quantitative estimate of drug-likeness (QED) is 0.715. The van der Waals surface area contributed by atoms with Crippen LogP contribution in [0.3, 0.4) is 0 Å². The lowest BCUT2D eigenvalue weighted by Gasteiger charge is -2.17. The molecule has 0 aliphatic carbocycles. The first-order valence-corrected chi connectivity index (χ1v) is 8.62. The maximum absolute atomic E-state index is 12.6. The van der Waals surface area contributed by atoms with Gasteiger partial charge >= 0.3 is 5.69 Å². The molecule has 1 aliphatic rings. The van der Waals surface area contributed by atoms with Gasteiger partial charge in [-0.05, 0) is 30.7 Å². The Bertz CT molecular complexity index is 993. The topological polar surface area (TPSA) is 69.4 Å². The molecule has 0 saturated carbocycles. The fourth-order valence-electron chi connectivity index (χ4n) is 3.45. The van der Waals surface area contributed by atoms with Crippen LogP contribution in [0, 0.1) is 0 Å². The van der Waals surface area contributed by atoms with Crippen LogP contribution in [0.4, 0.5) is 0 Å². The molecule has 3 heterocycles. The number of aryl methyl sites for hydroxylation is 1. The predicted molar refractivity (Wildman–Crippen MR) is 97.1 cm³/mol. The Labute approximate surface area is 150 Å². The van der Waals surface area contributed by atoms with Crippen LogP contribution >= 0.6 is 0 Å². The van der Waals surface area contributed by atoms with Crippen LogP contribution in [0.2, 0.25) is 0 Å². The van der Waals surface area contributed by atoms with Gasteiger partial charge in [-0.3, -0.25) is 13.9 Å². The lowest BCUT2D eigenvalue weighted by molar-refractivity contribution is -0.132. The minimum Gasteiger partial charge on any atom is -0.484 e. The number of para-hydroxylation sites is 1. The Morgan fingerprint density at radius 2 is 2.04 bits per heavy atom. The smallest absolute Gasteiger partial charge is 0.330 e. The van der Waals surface area contributed by atoms with Gasteiger partial charge in [0.25, 0.3) is 5.91 Å². The van der Waals surface area contributed by atoms with Crippen molar-refractivity contribution in [3.05, 3.63) is 59.1 Å². The Kier molecular flexibility index (Phi) is 4.20. The highest BCUT2D eigenvalue weighted by molar-refractivity contribution is 5.78. The van der Waals surface area contributed by atoms with Crippen LogP contribution in [0.5, 0.6) is 5.75 Å². The molecule has 1 atom stereocenters. The fourth-order valence-corrected chi connectivity index (χ4v) is 3.45. The van der Waals surface area contributed by atoms with Crippen LogP contribution in [-0.4, -0.2) is 44.6 Å². The van der Waals surface area contributed by atoms with Crippen molar-refractivity contribution in [2.45, 2.75) is 12.5 Å². The lowest BCUT2D eigenvalue weighted by atomic mass is 10.2. The van der Waals surface area contributed by atoms with E-state index in [0.29, 0.717) is 24.5 Å². The van der Waals surface area contributed by atoms with Gasteiger partial charge < -0.3 is 9.64 Å². The van der Waals surface area contributed by atoms with Crippen LogP contribution in [0.25, 0.3) is 11.2 Å². The number of nitrogens with zero attached hydrogens (tertiary/aromatic N) is 4. The lowest BCUT2D eigenvalue weighted by Crippen LogP contribution is -2.34. The monoisotopic (exact) mass is 352 g/mol. The maximum Gasteiger partial charge on any atom is 0.330 e. The van der Waals surface area contributed by atoms with E-state index in [1.807, 2.05) is 42.5 Å². The Hall–Kier alpha value is -3.09. The Balaban J connectivity index is 1.48. The van der Waals surface area contributed by atoms with Crippen LogP contribution in [0.15, 0.2) is 53.5 Å². The third-order valence-corrected chi connectivity index (χ3v) is 4.84. The Morgan fingerprint density at radius 1 is 1.23 bits per heavy atom. The van der Waals surface area contributed by atoms with E-state index < -0.39 is 0 Å². The molecular weight excluding hydrogens is 332 g/mol. The molecule has 7 heteroatoms. The second-order valence-corrected chi connectivity index (χ2v) is 6.44. The molecule has 26 heavy (non-hydrogen) atoms. The second kappa shape index (κ2) is 6.67. The molecule has 0 spiro atoms. The zero-order valence-corrected chi connectivity index (χ0v) is 14.5. The molecule has 0 unspecified atom stereocenters. The van der Waals surface area contributed by atoms with Gasteiger partial charge in [-0.2, -0.15) is 0 Å². The number of imidazole rings is 1. The third kappa shape index (κ3) is 2.85. The molecule has 134 valence electrons. The van der Waals surface area contributed by atoms with Crippen LogP contribution < -0.4 is 10.4 Å². The number of carbonyl (C=O) groups is 1. The zero-order valence-electron chi connectivity index (χ0n) is 14.5. The van der Waals surface area contributed by atoms with E-state index in [0.717, 1.165) is 11.9 Å². The van der Waals surface area contributed by atoms with E-state index in [1.54, 1.807) is 27.3 Å². The minimum absolute atomic E-state index is 0.000576. The first kappa shape index (κ1) is 16.4. The summed E-state index contributed by atoms with van der Waals surface area (Å²) in [7, 11) is 1.74. The number of ether oxygens (including phenoxy) is 1. The summed E-state index contributed by atoms with van der Waals surface area (Å²) in [6.45, 7) is 1.10. The van der Waals surface area contributed by atoms with Crippen molar-refractivity contribution in [1.82, 2.24) is 19.0 Å². The summed E-state index contributed by atoms with van der Waals surface area (Å²) in [5, 5.41) is 0. The van der Waals surface area contributed by atoms with Crippen molar-refractivity contribution in [2.75, 3.05) is 19.7 Å². The van der Waals surface area contributed by atoms with Crippen LogP contribution in [-0.2, 0) is 11.8 Å². The average molecular weight is 352 g/mol. The number of benzene rings is 1. The van der Waals surface area contributed by atoms with Gasteiger partial charge in [-0.25, -0.2) is 9.78 Å². The molecule has 4 rings (SSSR count). The molecule has 1 fully saturated rings. The third-order valence-electron chi connectivity index (χ3n) is 4.84. The number of rotatable bonds is 4. The number of hydrogen-bond acceptors (Lipinski definition) is 4. The van der Waals surface area contributed by atoms with E-state index in [2.05, 4.69) is 4.98 Å². The zero-order chi connectivity index (χ0) is 18.1. The standard InChI is InChI=1S/C19H20N4O3/c1-21-16-8-5-10-20-18(16)23(19(21)25)14-9-11-22(12-14)17(24)13-26-15-6-3-2-4-7-15/h2-8,10,14H,9,11-13H2,1H3/t14-/m0/s1. The van der Waals surface area contributed by atoms with Crippen molar-refractivity contribution in [2.24, 2.45) is 7.05 Å². The number of carbonyl (C=O) groups excluding carboxylic acids is 1. The molecule has 0 radical (unpaired) electrons. The summed E-state index contributed by atoms with van der Waals surface area (Å²) < 4.78 is 8.85. The molecule has 3 aromatic rings. The first-order valence-electron chi connectivity index (χ1n) is 8.62. The molecule has 2 aromatic heterocycles. The molecule has 1 amide bonds. The molecule has 1 aliphatic heterocycles. The van der Waals surface area contributed by atoms with E-state index in [-0.39, 0.29) is 24.2 Å². The summed E-state index contributed by atoms with van der Waals surface area (Å²) in [5.74, 6) is 0.601. The van der Waals surface area contributed by atoms with E-state index in [1.165, 1.54) is 0 Å². The highest BCUT2D eigenvalue weighted by Crippen LogP contribution is 2.24. The number of aromatic nitrogens is 3. The van der Waals surface area contributed by atoms with Crippen molar-refractivity contribution in [1.29, 1.82) is 0 Å². The number of hydrogen-bond donors (Lipinski definition) is 0. The number of fused-ring (bicyclic) bond motifs is 1. The number of amides is 1. The van der Waals surface area contributed by atoms with Gasteiger partial charge in [-0.1, -0.05) is 18.2 Å². The van der Waals surface area contributed by atoms with Crippen molar-refractivity contribution < 1.29 is 9.53 Å². The molecule has 1 aromatic carbocycles. The Morgan fingerprint density at radius 3 is 2.85 bits per heavy atom. The second-order valence-electron chi connectivity index (χ2n) is 6.44. The first-order chi connectivity index (χ1) is 12.6. The van der Waals surface area contributed by atoms with Gasteiger partial charge in [0.1, 0.15) is 5.75 Å². The van der Waals surface area contributed by atoms with Gasteiger partial charge in [0.05, 0.1) is 11.6 Å². The van der Waals surface area contributed by atoms with E-state index in [4.69, 9.17) is 4.74 Å². The maximum atomic E-state index is 12.6. The predicted octanol–water partition coefficient (Wildman–Crippen LogP) is 1.59. The summed E-state index contributed by atoms with van der Waals surface area (Å²) in [6.07, 6.45) is 2.41. The van der Waals surface area contributed by atoms with Gasteiger partial charge in [0.2, 0.25) is 0 Å². The van der Waals surface area contributed by atoms with E-state index >= 15 is 0 Å². The van der Waals surface area contributed by atoms with Gasteiger partial charge in [-0.15, -0.1) is 0 Å². The van der Waals surface area contributed by atoms with Crippen molar-refractivity contribution in [3.63, 3.8) is 0 Å². The minimum atomic E-state index is -0.0986. The highest BCUT2D eigenvalue weighted by Gasteiger charge is 2.30. The summed E-state index contributed by atoms with van der Waals surface area (Å²) in [4.78, 5) is 31.2. The van der Waals surface area contributed by atoms with Gasteiger partial charge in [0.15, 0.2) is 12.3 Å². The molecule has 0 N–H and O–H groups in total. The molecule has 7 nitrogen and oxygen atoms in total. The number of pyridine rings is 1. The normalized spacial score (nSPS) is 17.0. The fraction of sp³-hybridized carbons (Fsp3) is 0.316. The summed E-state index contributed by atoms with van der Waals surface area (Å²) in [6, 6.07) is 12.9. The van der Waals surface area contributed by atoms with Crippen molar-refractivity contribution in [3.8, 4) is 5.75 Å². The number of likely N-dealkylation sites (tertiary alicyclic amines) is 1. The molecule has 1 saturated heterocycles. The van der Waals surface area contributed by atoms with Gasteiger partial charge in [0, 0.05) is 26.3 Å². The summed E-state index contributed by atoms with van der Waals surface area (Å²) >= 11 is 0. The molecule has 0 bridgehead atoms. The largest absolute Gasteiger partial charge is 0.484 e. The van der Waals surface area contributed by atoms with E-state index in [9.17, 15) is 9.59 Å².